The first-order chi connectivity index (χ1) is 13.0. The van der Waals surface area contributed by atoms with Gasteiger partial charge in [-0.3, -0.25) is 4.98 Å². The predicted octanol–water partition coefficient (Wildman–Crippen LogP) is 2.92. The number of nitrogens with zero attached hydrogens (tertiary/aromatic N) is 4. The fraction of sp³-hybridized carbons (Fsp3) is 0.316. The van der Waals surface area contributed by atoms with E-state index in [1.54, 1.807) is 38.4 Å². The maximum absolute atomic E-state index is 5.48. The summed E-state index contributed by atoms with van der Waals surface area (Å²) in [6.45, 7) is 4.38. The number of hydrogen-bond donors (Lipinski definition) is 1. The van der Waals surface area contributed by atoms with Gasteiger partial charge < -0.3 is 19.5 Å². The van der Waals surface area contributed by atoms with E-state index in [4.69, 9.17) is 14.2 Å². The minimum atomic E-state index is 0.450. The fourth-order valence-electron chi connectivity index (χ4n) is 2.83. The Morgan fingerprint density at radius 1 is 0.963 bits per heavy atom. The first kappa shape index (κ1) is 18.5. The maximum Gasteiger partial charge on any atom is 0.174 e. The number of methoxy groups -OCH3 is 3. The smallest absolute Gasteiger partial charge is 0.174 e. The summed E-state index contributed by atoms with van der Waals surface area (Å²) < 4.78 is 18.0. The molecule has 0 radical (unpaired) electrons. The minimum Gasteiger partial charge on any atom is -0.496 e. The summed E-state index contributed by atoms with van der Waals surface area (Å²) in [5, 5.41) is 7.71. The molecule has 1 aromatic carbocycles. The Morgan fingerprint density at radius 2 is 1.67 bits per heavy atom. The highest BCUT2D eigenvalue weighted by atomic mass is 16.5. The molecule has 142 valence electrons. The summed E-state index contributed by atoms with van der Waals surface area (Å²) in [7, 11) is 4.83. The lowest BCUT2D eigenvalue weighted by molar-refractivity contribution is 0.369. The molecule has 27 heavy (non-hydrogen) atoms. The Hall–Kier alpha value is -3.29. The van der Waals surface area contributed by atoms with Crippen LogP contribution in [0.25, 0.3) is 5.82 Å². The molecule has 3 rings (SSSR count). The Labute approximate surface area is 158 Å². The van der Waals surface area contributed by atoms with Crippen LogP contribution >= 0.6 is 0 Å². The zero-order valence-corrected chi connectivity index (χ0v) is 16.1. The number of anilines is 1. The van der Waals surface area contributed by atoms with E-state index >= 15 is 0 Å². The lowest BCUT2D eigenvalue weighted by Crippen LogP contribution is -2.08. The van der Waals surface area contributed by atoms with Gasteiger partial charge in [0, 0.05) is 24.4 Å². The van der Waals surface area contributed by atoms with Crippen molar-refractivity contribution < 1.29 is 14.2 Å². The highest BCUT2D eigenvalue weighted by Crippen LogP contribution is 2.34. The standard InChI is InChI=1S/C19H23N5O3/c1-12-6-13(2)24(23-12)19-11-20-10-18(22-19)21-9-15-16(26-4)7-14(25-3)8-17(15)27-5/h6-8,10-11H,9H2,1-5H3,(H,21,22). The van der Waals surface area contributed by atoms with Gasteiger partial charge in [-0.1, -0.05) is 0 Å². The van der Waals surface area contributed by atoms with Gasteiger partial charge in [-0.05, 0) is 19.9 Å². The molecular formula is C19H23N5O3. The lowest BCUT2D eigenvalue weighted by Gasteiger charge is -2.16. The summed E-state index contributed by atoms with van der Waals surface area (Å²) >= 11 is 0. The van der Waals surface area contributed by atoms with Crippen LogP contribution in [0.5, 0.6) is 17.2 Å². The molecule has 0 fully saturated rings. The second kappa shape index (κ2) is 7.94. The third-order valence-corrected chi connectivity index (χ3v) is 4.11. The third-order valence-electron chi connectivity index (χ3n) is 4.11. The number of aryl methyl sites for hydroxylation is 2. The minimum absolute atomic E-state index is 0.450. The molecule has 2 heterocycles. The molecule has 0 bridgehead atoms. The normalized spacial score (nSPS) is 10.6. The first-order valence-corrected chi connectivity index (χ1v) is 8.44. The molecule has 0 saturated carbocycles. The van der Waals surface area contributed by atoms with Crippen LogP contribution in [0, 0.1) is 13.8 Å². The van der Waals surface area contributed by atoms with Gasteiger partial charge in [-0.2, -0.15) is 5.10 Å². The zero-order chi connectivity index (χ0) is 19.4. The van der Waals surface area contributed by atoms with Crippen molar-refractivity contribution >= 4 is 5.82 Å². The second-order valence-electron chi connectivity index (χ2n) is 5.97. The molecule has 1 N–H and O–H groups in total. The summed E-state index contributed by atoms with van der Waals surface area (Å²) in [6.07, 6.45) is 3.34. The Kier molecular flexibility index (Phi) is 5.44. The van der Waals surface area contributed by atoms with Crippen LogP contribution in [0.1, 0.15) is 17.0 Å². The van der Waals surface area contributed by atoms with E-state index in [9.17, 15) is 0 Å². The molecule has 0 aliphatic rings. The second-order valence-corrected chi connectivity index (χ2v) is 5.97. The van der Waals surface area contributed by atoms with E-state index in [-0.39, 0.29) is 0 Å². The number of aromatic nitrogens is 4. The summed E-state index contributed by atoms with van der Waals surface area (Å²) in [6, 6.07) is 5.63. The molecule has 2 aromatic heterocycles. The van der Waals surface area contributed by atoms with E-state index < -0.39 is 0 Å². The largest absolute Gasteiger partial charge is 0.496 e. The topological polar surface area (TPSA) is 83.3 Å². The first-order valence-electron chi connectivity index (χ1n) is 8.44. The fourth-order valence-corrected chi connectivity index (χ4v) is 2.83. The van der Waals surface area contributed by atoms with Gasteiger partial charge in [-0.15, -0.1) is 0 Å². The molecule has 0 aliphatic heterocycles. The maximum atomic E-state index is 5.48. The number of benzene rings is 1. The van der Waals surface area contributed by atoms with Crippen molar-refractivity contribution in [2.45, 2.75) is 20.4 Å². The van der Waals surface area contributed by atoms with Gasteiger partial charge in [0.25, 0.3) is 0 Å². The Bertz CT molecular complexity index is 914. The number of rotatable bonds is 7. The van der Waals surface area contributed by atoms with Crippen LogP contribution < -0.4 is 19.5 Å². The molecule has 0 amide bonds. The van der Waals surface area contributed by atoms with E-state index in [0.717, 1.165) is 17.0 Å². The summed E-state index contributed by atoms with van der Waals surface area (Å²) in [5.74, 6) is 3.28. The number of hydrogen-bond acceptors (Lipinski definition) is 7. The van der Waals surface area contributed by atoms with Crippen LogP contribution in [-0.4, -0.2) is 41.1 Å². The van der Waals surface area contributed by atoms with Crippen LogP contribution in [-0.2, 0) is 6.54 Å². The van der Waals surface area contributed by atoms with E-state index in [1.165, 1.54) is 0 Å². The van der Waals surface area contributed by atoms with Crippen LogP contribution in [0.4, 0.5) is 5.82 Å². The van der Waals surface area contributed by atoms with E-state index in [1.807, 2.05) is 32.0 Å². The molecule has 0 spiro atoms. The van der Waals surface area contributed by atoms with Gasteiger partial charge >= 0.3 is 0 Å². The highest BCUT2D eigenvalue weighted by Gasteiger charge is 2.14. The molecule has 0 atom stereocenters. The average Bonchev–Trinajstić information content (AvgIpc) is 3.03. The van der Waals surface area contributed by atoms with Gasteiger partial charge in [0.05, 0.1) is 45.0 Å². The van der Waals surface area contributed by atoms with Gasteiger partial charge in [-0.25, -0.2) is 9.67 Å². The molecule has 0 saturated heterocycles. The third kappa shape index (κ3) is 3.94. The molecule has 8 nitrogen and oxygen atoms in total. The van der Waals surface area contributed by atoms with Gasteiger partial charge in [0.15, 0.2) is 5.82 Å². The van der Waals surface area contributed by atoms with Gasteiger partial charge in [0.2, 0.25) is 0 Å². The molecule has 0 aliphatic carbocycles. The van der Waals surface area contributed by atoms with Crippen molar-refractivity contribution in [2.24, 2.45) is 0 Å². The van der Waals surface area contributed by atoms with Crippen molar-refractivity contribution in [3.8, 4) is 23.1 Å². The molecule has 8 heteroatoms. The van der Waals surface area contributed by atoms with E-state index in [2.05, 4.69) is 20.4 Å². The van der Waals surface area contributed by atoms with Crippen molar-refractivity contribution in [2.75, 3.05) is 26.6 Å². The van der Waals surface area contributed by atoms with Crippen molar-refractivity contribution in [1.29, 1.82) is 0 Å². The van der Waals surface area contributed by atoms with Crippen molar-refractivity contribution in [3.63, 3.8) is 0 Å². The van der Waals surface area contributed by atoms with Gasteiger partial charge in [0.1, 0.15) is 23.1 Å². The Morgan fingerprint density at radius 3 is 2.22 bits per heavy atom. The molecular weight excluding hydrogens is 346 g/mol. The van der Waals surface area contributed by atoms with Crippen LogP contribution in [0.15, 0.2) is 30.6 Å². The molecule has 0 unspecified atom stereocenters. The quantitative estimate of drug-likeness (QED) is 0.685. The number of nitrogens with one attached hydrogen (secondary N) is 1. The highest BCUT2D eigenvalue weighted by molar-refractivity contribution is 5.52. The molecule has 3 aromatic rings. The average molecular weight is 369 g/mol. The van der Waals surface area contributed by atoms with Crippen molar-refractivity contribution in [1.82, 2.24) is 19.7 Å². The lowest BCUT2D eigenvalue weighted by atomic mass is 10.1. The predicted molar refractivity (Wildman–Crippen MR) is 102 cm³/mol. The SMILES string of the molecule is COc1cc(OC)c(CNc2cncc(-n3nc(C)cc3C)n2)c(OC)c1. The summed E-state index contributed by atoms with van der Waals surface area (Å²) in [4.78, 5) is 8.87. The Balaban J connectivity index is 1.85. The summed E-state index contributed by atoms with van der Waals surface area (Å²) in [5.41, 5.74) is 2.79. The van der Waals surface area contributed by atoms with Crippen molar-refractivity contribution in [3.05, 3.63) is 47.5 Å². The van der Waals surface area contributed by atoms with Crippen LogP contribution in [0.2, 0.25) is 0 Å². The zero-order valence-electron chi connectivity index (χ0n) is 16.1. The van der Waals surface area contributed by atoms with E-state index in [0.29, 0.717) is 35.4 Å². The van der Waals surface area contributed by atoms with Crippen LogP contribution in [0.3, 0.4) is 0 Å². The number of ether oxygens (including phenoxy) is 3. The monoisotopic (exact) mass is 369 g/mol.